The highest BCUT2D eigenvalue weighted by Gasteiger charge is 2.16. The molecule has 0 saturated carbocycles. The number of rotatable bonds is 6. The lowest BCUT2D eigenvalue weighted by Crippen LogP contribution is -2.27. The van der Waals surface area contributed by atoms with E-state index in [1.165, 1.54) is 24.0 Å². The molecule has 0 aliphatic carbocycles. The number of nitrogens with one attached hydrogen (secondary N) is 1. The fraction of sp³-hybridized carbons (Fsp3) is 0.429. The van der Waals surface area contributed by atoms with Crippen LogP contribution in [0.3, 0.4) is 0 Å². The lowest BCUT2D eigenvalue weighted by atomic mass is 10.3. The molecule has 2 N–H and O–H groups in total. The molecule has 2 rings (SSSR count). The van der Waals surface area contributed by atoms with Crippen LogP contribution >= 0.6 is 15.9 Å². The smallest absolute Gasteiger partial charge is 0.328 e. The summed E-state index contributed by atoms with van der Waals surface area (Å²) in [7, 11) is 0. The summed E-state index contributed by atoms with van der Waals surface area (Å²) in [6.07, 6.45) is 2.78. The summed E-state index contributed by atoms with van der Waals surface area (Å²) >= 11 is 3.46. The Bertz CT molecular complexity index is 737. The van der Waals surface area contributed by atoms with Crippen molar-refractivity contribution in [1.82, 2.24) is 24.9 Å². The van der Waals surface area contributed by atoms with E-state index in [0.717, 1.165) is 15.9 Å². The van der Waals surface area contributed by atoms with Crippen LogP contribution in [-0.2, 0) is 11.3 Å². The number of carbonyl (C=O) groups is 2. The fourth-order valence-corrected chi connectivity index (χ4v) is 2.33. The van der Waals surface area contributed by atoms with Crippen molar-refractivity contribution in [3.05, 3.63) is 33.8 Å². The predicted molar refractivity (Wildman–Crippen MR) is 86.3 cm³/mol. The van der Waals surface area contributed by atoms with Gasteiger partial charge in [0, 0.05) is 18.4 Å². The summed E-state index contributed by atoms with van der Waals surface area (Å²) in [4.78, 5) is 22.9. The summed E-state index contributed by atoms with van der Waals surface area (Å²) in [5.41, 5.74) is 2.23. The average molecular weight is 384 g/mol. The van der Waals surface area contributed by atoms with E-state index in [1.807, 2.05) is 18.5 Å². The van der Waals surface area contributed by atoms with Gasteiger partial charge in [-0.3, -0.25) is 14.2 Å². The molecule has 0 aromatic carbocycles. The first-order valence-electron chi connectivity index (χ1n) is 7.06. The first-order chi connectivity index (χ1) is 10.8. The molecule has 1 amide bonds. The van der Waals surface area contributed by atoms with Crippen molar-refractivity contribution < 1.29 is 14.7 Å². The van der Waals surface area contributed by atoms with E-state index in [0.29, 0.717) is 18.7 Å². The molecule has 2 heterocycles. The molecule has 0 radical (unpaired) electrons. The van der Waals surface area contributed by atoms with Gasteiger partial charge in [0.1, 0.15) is 6.04 Å². The van der Waals surface area contributed by atoms with Crippen molar-refractivity contribution in [3.63, 3.8) is 0 Å². The molecular formula is C14H18BrN5O3. The van der Waals surface area contributed by atoms with Crippen LogP contribution in [0.2, 0.25) is 0 Å². The van der Waals surface area contributed by atoms with Crippen LogP contribution in [0.1, 0.15) is 34.7 Å². The van der Waals surface area contributed by atoms with Gasteiger partial charge in [0.15, 0.2) is 0 Å². The van der Waals surface area contributed by atoms with Crippen LogP contribution in [0.4, 0.5) is 0 Å². The van der Waals surface area contributed by atoms with Gasteiger partial charge in [-0.1, -0.05) is 0 Å². The van der Waals surface area contributed by atoms with Crippen LogP contribution in [0.15, 0.2) is 16.9 Å². The van der Waals surface area contributed by atoms with Gasteiger partial charge in [-0.15, -0.1) is 0 Å². The van der Waals surface area contributed by atoms with Gasteiger partial charge in [0.25, 0.3) is 5.91 Å². The zero-order chi connectivity index (χ0) is 17.1. The predicted octanol–water partition coefficient (Wildman–Crippen LogP) is 1.53. The third-order valence-corrected chi connectivity index (χ3v) is 4.67. The summed E-state index contributed by atoms with van der Waals surface area (Å²) in [5, 5.41) is 20.0. The van der Waals surface area contributed by atoms with Crippen LogP contribution in [0.5, 0.6) is 0 Å². The largest absolute Gasteiger partial charge is 0.480 e. The van der Waals surface area contributed by atoms with E-state index in [-0.39, 0.29) is 5.91 Å². The minimum Gasteiger partial charge on any atom is -0.480 e. The maximum atomic E-state index is 12.0. The lowest BCUT2D eigenvalue weighted by Gasteiger charge is -2.06. The quantitative estimate of drug-likeness (QED) is 0.787. The molecule has 0 aliphatic rings. The Morgan fingerprint density at radius 2 is 2.13 bits per heavy atom. The molecule has 1 unspecified atom stereocenters. The van der Waals surface area contributed by atoms with Crippen molar-refractivity contribution in [2.75, 3.05) is 6.54 Å². The van der Waals surface area contributed by atoms with E-state index in [4.69, 9.17) is 5.11 Å². The first-order valence-corrected chi connectivity index (χ1v) is 7.85. The Hall–Kier alpha value is -2.16. The number of halogens is 1. The van der Waals surface area contributed by atoms with Crippen molar-refractivity contribution in [1.29, 1.82) is 0 Å². The molecule has 23 heavy (non-hydrogen) atoms. The van der Waals surface area contributed by atoms with Crippen LogP contribution in [-0.4, -0.2) is 43.1 Å². The third-order valence-electron chi connectivity index (χ3n) is 3.52. The molecule has 2 aromatic rings. The van der Waals surface area contributed by atoms with E-state index in [1.54, 1.807) is 0 Å². The SMILES string of the molecule is Cc1nn(CCNC(=O)c2cnn(C(C)C(=O)O)c2)c(C)c1Br. The molecule has 0 aliphatic heterocycles. The lowest BCUT2D eigenvalue weighted by molar-refractivity contribution is -0.140. The number of aryl methyl sites for hydroxylation is 1. The molecule has 0 fully saturated rings. The third kappa shape index (κ3) is 3.79. The Balaban J connectivity index is 1.92. The summed E-state index contributed by atoms with van der Waals surface area (Å²) in [5.74, 6) is -1.30. The van der Waals surface area contributed by atoms with Crippen LogP contribution < -0.4 is 5.32 Å². The molecule has 0 spiro atoms. The molecule has 1 atom stereocenters. The van der Waals surface area contributed by atoms with Gasteiger partial charge >= 0.3 is 5.97 Å². The zero-order valence-corrected chi connectivity index (χ0v) is 14.7. The van der Waals surface area contributed by atoms with E-state index >= 15 is 0 Å². The summed E-state index contributed by atoms with van der Waals surface area (Å²) in [6.45, 7) is 6.31. The molecule has 8 nitrogen and oxygen atoms in total. The molecule has 0 saturated heterocycles. The van der Waals surface area contributed by atoms with Gasteiger partial charge in [-0.25, -0.2) is 4.79 Å². The monoisotopic (exact) mass is 383 g/mol. The first kappa shape index (κ1) is 17.2. The number of carboxylic acid groups (broad SMARTS) is 1. The maximum Gasteiger partial charge on any atom is 0.328 e. The highest BCUT2D eigenvalue weighted by atomic mass is 79.9. The number of amides is 1. The van der Waals surface area contributed by atoms with Gasteiger partial charge in [-0.2, -0.15) is 10.2 Å². The van der Waals surface area contributed by atoms with Gasteiger partial charge in [-0.05, 0) is 36.7 Å². The summed E-state index contributed by atoms with van der Waals surface area (Å²) < 4.78 is 4.03. The van der Waals surface area contributed by atoms with Crippen molar-refractivity contribution >= 4 is 27.8 Å². The van der Waals surface area contributed by atoms with E-state index in [9.17, 15) is 9.59 Å². The minimum atomic E-state index is -1.00. The Morgan fingerprint density at radius 1 is 1.43 bits per heavy atom. The van der Waals surface area contributed by atoms with Crippen molar-refractivity contribution in [2.45, 2.75) is 33.4 Å². The number of hydrogen-bond donors (Lipinski definition) is 2. The molecular weight excluding hydrogens is 366 g/mol. The zero-order valence-electron chi connectivity index (χ0n) is 13.1. The van der Waals surface area contributed by atoms with Crippen molar-refractivity contribution in [3.8, 4) is 0 Å². The minimum absolute atomic E-state index is 0.297. The van der Waals surface area contributed by atoms with Gasteiger partial charge in [0.2, 0.25) is 0 Å². The van der Waals surface area contributed by atoms with E-state index < -0.39 is 12.0 Å². The van der Waals surface area contributed by atoms with Crippen LogP contribution in [0.25, 0.3) is 0 Å². The maximum absolute atomic E-state index is 12.0. The molecule has 2 aromatic heterocycles. The van der Waals surface area contributed by atoms with Crippen molar-refractivity contribution in [2.24, 2.45) is 0 Å². The second-order valence-electron chi connectivity index (χ2n) is 5.19. The molecule has 9 heteroatoms. The van der Waals surface area contributed by atoms with Gasteiger partial charge < -0.3 is 10.4 Å². The second-order valence-corrected chi connectivity index (χ2v) is 5.98. The number of hydrogen-bond acceptors (Lipinski definition) is 4. The van der Waals surface area contributed by atoms with Crippen LogP contribution in [0, 0.1) is 13.8 Å². The fourth-order valence-electron chi connectivity index (χ4n) is 2.05. The number of carbonyl (C=O) groups excluding carboxylic acids is 1. The number of carboxylic acids is 1. The molecule has 124 valence electrons. The Morgan fingerprint density at radius 3 is 2.70 bits per heavy atom. The number of aromatic nitrogens is 4. The van der Waals surface area contributed by atoms with E-state index in [2.05, 4.69) is 31.4 Å². The Kier molecular flexibility index (Phi) is 5.19. The average Bonchev–Trinajstić information content (AvgIpc) is 3.08. The highest BCUT2D eigenvalue weighted by Crippen LogP contribution is 2.19. The highest BCUT2D eigenvalue weighted by molar-refractivity contribution is 9.10. The second kappa shape index (κ2) is 6.95. The summed E-state index contributed by atoms with van der Waals surface area (Å²) in [6, 6.07) is -0.816. The topological polar surface area (TPSA) is 102 Å². The standard InChI is InChI=1S/C14H18BrN5O3/c1-8-12(15)9(2)19(18-8)5-4-16-13(21)11-6-17-20(7-11)10(3)14(22)23/h6-7,10H,4-5H2,1-3H3,(H,16,21)(H,22,23). The molecule has 0 bridgehead atoms. The number of nitrogens with zero attached hydrogens (tertiary/aromatic N) is 4. The van der Waals surface area contributed by atoms with Gasteiger partial charge in [0.05, 0.1) is 28.5 Å². The Labute approximate surface area is 141 Å². The number of aliphatic carboxylic acids is 1. The normalized spacial score (nSPS) is 12.2.